The zero-order chi connectivity index (χ0) is 16.8. The van der Waals surface area contributed by atoms with Gasteiger partial charge in [0.25, 0.3) is 5.91 Å². The van der Waals surface area contributed by atoms with Gasteiger partial charge in [-0.2, -0.15) is 0 Å². The number of anilines is 1. The lowest BCUT2D eigenvalue weighted by Gasteiger charge is -2.27. The quantitative estimate of drug-likeness (QED) is 0.603. The van der Waals surface area contributed by atoms with Crippen molar-refractivity contribution in [2.75, 3.05) is 11.4 Å². The van der Waals surface area contributed by atoms with Crippen LogP contribution in [0.3, 0.4) is 0 Å². The van der Waals surface area contributed by atoms with Crippen molar-refractivity contribution in [2.45, 2.75) is 6.42 Å². The summed E-state index contributed by atoms with van der Waals surface area (Å²) in [5.74, 6) is -0.243. The van der Waals surface area contributed by atoms with Gasteiger partial charge in [-0.25, -0.2) is 0 Å². The molecule has 1 aliphatic rings. The molecule has 24 heavy (non-hydrogen) atoms. The molecule has 120 valence electrons. The van der Waals surface area contributed by atoms with E-state index >= 15 is 0 Å². The maximum Gasteiger partial charge on any atom is 0.294 e. The highest BCUT2D eigenvalue weighted by atomic mass is 79.9. The molecule has 0 bridgehead atoms. The lowest BCUT2D eigenvalue weighted by molar-refractivity contribution is 0.0952. The van der Waals surface area contributed by atoms with Gasteiger partial charge in [-0.15, -0.1) is 0 Å². The smallest absolute Gasteiger partial charge is 0.294 e. The van der Waals surface area contributed by atoms with Crippen LogP contribution in [0.5, 0.6) is 0 Å². The highest BCUT2D eigenvalue weighted by Crippen LogP contribution is 2.29. The van der Waals surface area contributed by atoms with Crippen LogP contribution in [0.15, 0.2) is 56.1 Å². The number of hydrogen-bond donors (Lipinski definition) is 0. The Kier molecular flexibility index (Phi) is 3.70. The summed E-state index contributed by atoms with van der Waals surface area (Å²) in [6.45, 7) is 0.435. The van der Waals surface area contributed by atoms with E-state index in [1.165, 1.54) is 0 Å². The summed E-state index contributed by atoms with van der Waals surface area (Å²) in [5, 5.41) is 0.729. The molecule has 3 aromatic rings. The zero-order valence-corrected chi connectivity index (χ0v) is 14.7. The second-order valence-electron chi connectivity index (χ2n) is 5.54. The molecule has 0 aliphatic carbocycles. The van der Waals surface area contributed by atoms with Crippen LogP contribution in [0.1, 0.15) is 16.1 Å². The molecule has 1 amide bonds. The number of para-hydroxylation sites is 1. The molecule has 1 aliphatic heterocycles. The largest absolute Gasteiger partial charge is 0.449 e. The number of halogens is 2. The van der Waals surface area contributed by atoms with Crippen LogP contribution < -0.4 is 10.3 Å². The topological polar surface area (TPSA) is 50.5 Å². The Balaban J connectivity index is 1.88. The average Bonchev–Trinajstić information content (AvgIpc) is 2.58. The normalized spacial score (nSPS) is 14.1. The lowest BCUT2D eigenvalue weighted by Crippen LogP contribution is -2.40. The second-order valence-corrected chi connectivity index (χ2v) is 6.86. The Morgan fingerprint density at radius 1 is 1.08 bits per heavy atom. The van der Waals surface area contributed by atoms with E-state index < -0.39 is 0 Å². The third kappa shape index (κ3) is 2.36. The highest BCUT2D eigenvalue weighted by molar-refractivity contribution is 9.10. The number of carbonyl (C=O) groups excluding carboxylic acids is 1. The van der Waals surface area contributed by atoms with Crippen molar-refractivity contribution in [3.8, 4) is 0 Å². The summed E-state index contributed by atoms with van der Waals surface area (Å²) in [6, 6.07) is 12.4. The van der Waals surface area contributed by atoms with Gasteiger partial charge in [0.15, 0.2) is 16.8 Å². The molecule has 0 atom stereocenters. The predicted molar refractivity (Wildman–Crippen MR) is 97.0 cm³/mol. The first-order valence-electron chi connectivity index (χ1n) is 7.38. The van der Waals surface area contributed by atoms with E-state index in [2.05, 4.69) is 15.9 Å². The summed E-state index contributed by atoms with van der Waals surface area (Å²) >= 11 is 9.50. The van der Waals surface area contributed by atoms with E-state index in [1.54, 1.807) is 23.1 Å². The first-order chi connectivity index (χ1) is 11.6. The molecule has 0 saturated carbocycles. The molecule has 6 heteroatoms. The third-order valence-corrected chi connectivity index (χ3v) is 4.95. The predicted octanol–water partition coefficient (Wildman–Crippen LogP) is 4.41. The first-order valence-corrected chi connectivity index (χ1v) is 8.55. The maximum absolute atomic E-state index is 12.8. The van der Waals surface area contributed by atoms with Crippen LogP contribution in [0.4, 0.5) is 5.69 Å². The van der Waals surface area contributed by atoms with Gasteiger partial charge in [-0.05, 0) is 42.8 Å². The maximum atomic E-state index is 12.8. The van der Waals surface area contributed by atoms with Crippen LogP contribution in [-0.4, -0.2) is 12.5 Å². The minimum absolute atomic E-state index is 0.0785. The van der Waals surface area contributed by atoms with Crippen LogP contribution in [0.2, 0.25) is 5.02 Å². The zero-order valence-electron chi connectivity index (χ0n) is 12.4. The molecule has 2 aromatic carbocycles. The molecule has 1 aromatic heterocycles. The summed E-state index contributed by atoms with van der Waals surface area (Å²) in [5.41, 5.74) is 1.25. The van der Waals surface area contributed by atoms with Crippen molar-refractivity contribution < 1.29 is 9.21 Å². The fraction of sp³-hybridized carbons (Fsp3) is 0.111. The van der Waals surface area contributed by atoms with E-state index in [0.29, 0.717) is 28.9 Å². The summed E-state index contributed by atoms with van der Waals surface area (Å²) < 4.78 is 6.68. The monoisotopic (exact) mass is 403 g/mol. The molecular weight excluding hydrogens is 394 g/mol. The van der Waals surface area contributed by atoms with E-state index in [0.717, 1.165) is 10.2 Å². The van der Waals surface area contributed by atoms with Gasteiger partial charge in [-0.1, -0.05) is 33.6 Å². The Morgan fingerprint density at radius 2 is 1.83 bits per heavy atom. The van der Waals surface area contributed by atoms with E-state index in [9.17, 15) is 9.59 Å². The fourth-order valence-corrected chi connectivity index (χ4v) is 3.41. The van der Waals surface area contributed by atoms with Crippen LogP contribution in [0, 0.1) is 0 Å². The minimum atomic E-state index is -0.322. The number of rotatable bonds is 1. The molecule has 0 unspecified atom stereocenters. The van der Waals surface area contributed by atoms with Gasteiger partial charge in [0.1, 0.15) is 0 Å². The number of amides is 1. The average molecular weight is 405 g/mol. The van der Waals surface area contributed by atoms with Crippen LogP contribution in [0.25, 0.3) is 11.0 Å². The molecule has 0 saturated heterocycles. The highest BCUT2D eigenvalue weighted by Gasteiger charge is 2.31. The van der Waals surface area contributed by atoms with Gasteiger partial charge in [-0.3, -0.25) is 9.59 Å². The molecular formula is C18H11BrClNO3. The number of nitrogens with zero attached hydrogens (tertiary/aromatic N) is 1. The van der Waals surface area contributed by atoms with Crippen molar-refractivity contribution in [1.82, 2.24) is 0 Å². The molecule has 2 heterocycles. The van der Waals surface area contributed by atoms with Gasteiger partial charge in [0.05, 0.1) is 16.0 Å². The van der Waals surface area contributed by atoms with Gasteiger partial charge in [0, 0.05) is 16.7 Å². The Morgan fingerprint density at radius 3 is 2.58 bits per heavy atom. The number of benzene rings is 2. The summed E-state index contributed by atoms with van der Waals surface area (Å²) in [6.07, 6.45) is 0.446. The minimum Gasteiger partial charge on any atom is -0.449 e. The molecule has 0 N–H and O–H groups in total. The van der Waals surface area contributed by atoms with E-state index in [-0.39, 0.29) is 22.7 Å². The standard InChI is InChI=1S/C18H11BrClNO3/c19-10-4-6-11(7-5-10)21-9-8-13-15(22)12-2-1-3-14(20)16(12)24-17(13)18(21)23/h1-7H,8-9H2. The summed E-state index contributed by atoms with van der Waals surface area (Å²) in [4.78, 5) is 27.1. The third-order valence-electron chi connectivity index (χ3n) is 4.13. The van der Waals surface area contributed by atoms with Crippen molar-refractivity contribution in [2.24, 2.45) is 0 Å². The van der Waals surface area contributed by atoms with Crippen molar-refractivity contribution in [3.63, 3.8) is 0 Å². The van der Waals surface area contributed by atoms with E-state index in [1.807, 2.05) is 24.3 Å². The molecule has 0 fully saturated rings. The van der Waals surface area contributed by atoms with Crippen molar-refractivity contribution >= 4 is 50.1 Å². The Hall–Kier alpha value is -2.11. The molecule has 4 nitrogen and oxygen atoms in total. The Labute approximate surface area is 150 Å². The lowest BCUT2D eigenvalue weighted by atomic mass is 10.0. The number of carbonyl (C=O) groups is 1. The molecule has 4 rings (SSSR count). The summed E-state index contributed by atoms with van der Waals surface area (Å²) in [7, 11) is 0. The van der Waals surface area contributed by atoms with Gasteiger partial charge in [0.2, 0.25) is 0 Å². The molecule has 0 spiro atoms. The van der Waals surface area contributed by atoms with Gasteiger partial charge >= 0.3 is 0 Å². The van der Waals surface area contributed by atoms with Crippen molar-refractivity contribution in [1.29, 1.82) is 0 Å². The fourth-order valence-electron chi connectivity index (χ4n) is 2.94. The van der Waals surface area contributed by atoms with Crippen LogP contribution in [-0.2, 0) is 6.42 Å². The number of hydrogen-bond acceptors (Lipinski definition) is 3. The van der Waals surface area contributed by atoms with E-state index in [4.69, 9.17) is 16.0 Å². The second kappa shape index (κ2) is 5.76. The van der Waals surface area contributed by atoms with Gasteiger partial charge < -0.3 is 9.32 Å². The van der Waals surface area contributed by atoms with Crippen LogP contribution >= 0.6 is 27.5 Å². The van der Waals surface area contributed by atoms with Crippen molar-refractivity contribution in [3.05, 3.63) is 73.5 Å². The first kappa shape index (κ1) is 15.4. The Bertz CT molecular complexity index is 1030. The number of fused-ring (bicyclic) bond motifs is 2. The SMILES string of the molecule is O=C1c2oc3c(Cl)cccc3c(=O)c2CCN1c1ccc(Br)cc1. The molecule has 0 radical (unpaired) electrons.